The van der Waals surface area contributed by atoms with Gasteiger partial charge >= 0.3 is 0 Å². The molecule has 2 rings (SSSR count). The Bertz CT molecular complexity index is 604. The molecule has 2 aromatic rings. The number of nitrogens with one attached hydrogen (secondary N) is 1. The van der Waals surface area contributed by atoms with Gasteiger partial charge in [-0.25, -0.2) is 4.39 Å². The van der Waals surface area contributed by atoms with E-state index in [-0.39, 0.29) is 5.02 Å². The first-order valence-corrected chi connectivity index (χ1v) is 6.97. The van der Waals surface area contributed by atoms with E-state index < -0.39 is 5.82 Å². The van der Waals surface area contributed by atoms with E-state index in [2.05, 4.69) is 5.32 Å². The van der Waals surface area contributed by atoms with E-state index in [4.69, 9.17) is 27.9 Å². The zero-order valence-electron chi connectivity index (χ0n) is 10.9. The van der Waals surface area contributed by atoms with Crippen LogP contribution in [0.15, 0.2) is 36.4 Å². The predicted molar refractivity (Wildman–Crippen MR) is 80.3 cm³/mol. The van der Waals surface area contributed by atoms with Crippen LogP contribution < -0.4 is 10.1 Å². The van der Waals surface area contributed by atoms with Gasteiger partial charge in [-0.1, -0.05) is 36.2 Å². The number of hydrogen-bond donors (Lipinski definition) is 1. The average Bonchev–Trinajstić information content (AvgIpc) is 2.42. The summed E-state index contributed by atoms with van der Waals surface area (Å²) in [5.41, 5.74) is 0.998. The summed E-state index contributed by atoms with van der Waals surface area (Å²) in [6.45, 7) is 3.62. The van der Waals surface area contributed by atoms with E-state index in [0.717, 1.165) is 12.1 Å². The number of hydrogen-bond acceptors (Lipinski definition) is 2. The molecule has 0 atom stereocenters. The molecule has 106 valence electrons. The Balaban J connectivity index is 2.13. The summed E-state index contributed by atoms with van der Waals surface area (Å²) in [5.74, 6) is 0.572. The second kappa shape index (κ2) is 6.93. The fraction of sp³-hybridized carbons (Fsp3) is 0.200. The summed E-state index contributed by atoms with van der Waals surface area (Å²) in [6, 6.07) is 9.64. The largest absolute Gasteiger partial charge is 0.457 e. The van der Waals surface area contributed by atoms with E-state index >= 15 is 0 Å². The summed E-state index contributed by atoms with van der Waals surface area (Å²) in [7, 11) is 0. The van der Waals surface area contributed by atoms with Crippen LogP contribution in [0.4, 0.5) is 4.39 Å². The van der Waals surface area contributed by atoms with Crippen molar-refractivity contribution in [2.24, 2.45) is 0 Å². The standard InChI is InChI=1S/C15H14Cl2FNO/c1-2-19-9-10-3-4-11(7-13(10)16)20-12-5-6-15(18)14(17)8-12/h3-8,19H,2,9H2,1H3. The molecule has 0 spiro atoms. The molecule has 0 fully saturated rings. The highest BCUT2D eigenvalue weighted by molar-refractivity contribution is 6.31. The van der Waals surface area contributed by atoms with Gasteiger partial charge in [0.2, 0.25) is 0 Å². The summed E-state index contributed by atoms with van der Waals surface area (Å²) in [5, 5.41) is 3.85. The van der Waals surface area contributed by atoms with Crippen molar-refractivity contribution in [3.63, 3.8) is 0 Å². The first-order valence-electron chi connectivity index (χ1n) is 6.22. The van der Waals surface area contributed by atoms with Gasteiger partial charge in [-0.2, -0.15) is 0 Å². The zero-order valence-corrected chi connectivity index (χ0v) is 12.4. The second-order valence-corrected chi connectivity index (χ2v) is 5.03. The lowest BCUT2D eigenvalue weighted by atomic mass is 10.2. The molecular weight excluding hydrogens is 300 g/mol. The molecule has 0 saturated heterocycles. The predicted octanol–water partition coefficient (Wildman–Crippen LogP) is 5.03. The molecule has 0 saturated carbocycles. The van der Waals surface area contributed by atoms with E-state index in [0.29, 0.717) is 23.1 Å². The van der Waals surface area contributed by atoms with Crippen molar-refractivity contribution in [1.82, 2.24) is 5.32 Å². The van der Waals surface area contributed by atoms with Crippen molar-refractivity contribution in [2.75, 3.05) is 6.54 Å². The third-order valence-corrected chi connectivity index (χ3v) is 3.36. The summed E-state index contributed by atoms with van der Waals surface area (Å²) in [4.78, 5) is 0. The summed E-state index contributed by atoms with van der Waals surface area (Å²) in [6.07, 6.45) is 0. The van der Waals surface area contributed by atoms with Crippen LogP contribution in [0.3, 0.4) is 0 Å². The van der Waals surface area contributed by atoms with Crippen LogP contribution in [-0.2, 0) is 6.54 Å². The van der Waals surface area contributed by atoms with Crippen molar-refractivity contribution >= 4 is 23.2 Å². The molecular formula is C15H14Cl2FNO. The SMILES string of the molecule is CCNCc1ccc(Oc2ccc(F)c(Cl)c2)cc1Cl. The Hall–Kier alpha value is -1.29. The van der Waals surface area contributed by atoms with Gasteiger partial charge in [0.15, 0.2) is 0 Å². The van der Waals surface area contributed by atoms with E-state index in [1.807, 2.05) is 19.1 Å². The highest BCUT2D eigenvalue weighted by Crippen LogP contribution is 2.29. The third-order valence-electron chi connectivity index (χ3n) is 2.72. The number of halogens is 3. The Morgan fingerprint density at radius 2 is 1.70 bits per heavy atom. The molecule has 1 N–H and O–H groups in total. The maximum Gasteiger partial charge on any atom is 0.142 e. The van der Waals surface area contributed by atoms with Crippen molar-refractivity contribution in [3.05, 3.63) is 57.8 Å². The van der Waals surface area contributed by atoms with Crippen LogP contribution in [0, 0.1) is 5.82 Å². The Labute approximate surface area is 127 Å². The molecule has 0 aromatic heterocycles. The highest BCUT2D eigenvalue weighted by atomic mass is 35.5. The third kappa shape index (κ3) is 3.85. The minimum Gasteiger partial charge on any atom is -0.457 e. The summed E-state index contributed by atoms with van der Waals surface area (Å²) < 4.78 is 18.7. The minimum atomic E-state index is -0.474. The van der Waals surface area contributed by atoms with E-state index in [9.17, 15) is 4.39 Å². The first kappa shape index (κ1) is 15.1. The number of ether oxygens (including phenoxy) is 1. The molecule has 5 heteroatoms. The van der Waals surface area contributed by atoms with Gasteiger partial charge in [0.1, 0.15) is 17.3 Å². The topological polar surface area (TPSA) is 21.3 Å². The van der Waals surface area contributed by atoms with Crippen LogP contribution >= 0.6 is 23.2 Å². The van der Waals surface area contributed by atoms with Crippen LogP contribution in [0.5, 0.6) is 11.5 Å². The lowest BCUT2D eigenvalue weighted by Gasteiger charge is -2.09. The average molecular weight is 314 g/mol. The van der Waals surface area contributed by atoms with Crippen molar-refractivity contribution < 1.29 is 9.13 Å². The fourth-order valence-corrected chi connectivity index (χ4v) is 2.08. The molecule has 0 amide bonds. The van der Waals surface area contributed by atoms with Crippen LogP contribution in [0.25, 0.3) is 0 Å². The van der Waals surface area contributed by atoms with Crippen LogP contribution in [0.1, 0.15) is 12.5 Å². The van der Waals surface area contributed by atoms with Gasteiger partial charge < -0.3 is 10.1 Å². The molecule has 0 aliphatic carbocycles. The zero-order chi connectivity index (χ0) is 14.5. The number of benzene rings is 2. The lowest BCUT2D eigenvalue weighted by Crippen LogP contribution is -2.11. The van der Waals surface area contributed by atoms with Crippen molar-refractivity contribution in [1.29, 1.82) is 0 Å². The second-order valence-electron chi connectivity index (χ2n) is 4.21. The molecule has 20 heavy (non-hydrogen) atoms. The minimum absolute atomic E-state index is 0.0253. The van der Waals surface area contributed by atoms with Gasteiger partial charge in [-0.15, -0.1) is 0 Å². The maximum atomic E-state index is 13.1. The molecule has 0 unspecified atom stereocenters. The summed E-state index contributed by atoms with van der Waals surface area (Å²) >= 11 is 11.9. The van der Waals surface area contributed by atoms with E-state index in [1.54, 1.807) is 6.07 Å². The van der Waals surface area contributed by atoms with Gasteiger partial charge in [0.25, 0.3) is 0 Å². The normalized spacial score (nSPS) is 10.6. The molecule has 0 aliphatic rings. The Kier molecular flexibility index (Phi) is 5.24. The van der Waals surface area contributed by atoms with Crippen LogP contribution in [-0.4, -0.2) is 6.54 Å². The molecule has 2 aromatic carbocycles. The Morgan fingerprint density at radius 1 is 1.05 bits per heavy atom. The van der Waals surface area contributed by atoms with Gasteiger partial charge in [0, 0.05) is 17.6 Å². The van der Waals surface area contributed by atoms with Crippen molar-refractivity contribution in [3.8, 4) is 11.5 Å². The van der Waals surface area contributed by atoms with Gasteiger partial charge in [0.05, 0.1) is 5.02 Å². The van der Waals surface area contributed by atoms with Gasteiger partial charge in [-0.05, 0) is 36.4 Å². The smallest absolute Gasteiger partial charge is 0.142 e. The van der Waals surface area contributed by atoms with Crippen LogP contribution in [0.2, 0.25) is 10.0 Å². The first-order chi connectivity index (χ1) is 9.60. The molecule has 0 heterocycles. The molecule has 0 radical (unpaired) electrons. The van der Waals surface area contributed by atoms with E-state index in [1.165, 1.54) is 18.2 Å². The highest BCUT2D eigenvalue weighted by Gasteiger charge is 2.05. The number of rotatable bonds is 5. The molecule has 0 bridgehead atoms. The Morgan fingerprint density at radius 3 is 2.30 bits per heavy atom. The monoisotopic (exact) mass is 313 g/mol. The maximum absolute atomic E-state index is 13.1. The van der Waals surface area contributed by atoms with Crippen molar-refractivity contribution in [2.45, 2.75) is 13.5 Å². The van der Waals surface area contributed by atoms with Gasteiger partial charge in [-0.3, -0.25) is 0 Å². The molecule has 0 aliphatic heterocycles. The lowest BCUT2D eigenvalue weighted by molar-refractivity contribution is 0.480. The quantitative estimate of drug-likeness (QED) is 0.835. The molecule has 2 nitrogen and oxygen atoms in total. The fourth-order valence-electron chi connectivity index (χ4n) is 1.67.